The van der Waals surface area contributed by atoms with Crippen molar-refractivity contribution < 1.29 is 0 Å². The van der Waals surface area contributed by atoms with Crippen LogP contribution >= 0.6 is 0 Å². The van der Waals surface area contributed by atoms with Crippen LogP contribution in [0.25, 0.3) is 0 Å². The highest BCUT2D eigenvalue weighted by Crippen LogP contribution is 2.31. The van der Waals surface area contributed by atoms with Crippen LogP contribution in [0.3, 0.4) is 0 Å². The largest absolute Gasteiger partial charge is 0.333 e. The molecule has 4 unspecified atom stereocenters. The predicted molar refractivity (Wildman–Crippen MR) is 81.7 cm³/mol. The number of nitrogens with zero attached hydrogens (tertiary/aromatic N) is 3. The van der Waals surface area contributed by atoms with Gasteiger partial charge in [0.15, 0.2) is 0 Å². The summed E-state index contributed by atoms with van der Waals surface area (Å²) in [5.41, 5.74) is 0. The molecule has 1 saturated carbocycles. The minimum atomic E-state index is 0.598. The van der Waals surface area contributed by atoms with E-state index in [-0.39, 0.29) is 0 Å². The second kappa shape index (κ2) is 6.27. The molecule has 2 aliphatic rings. The zero-order valence-electron chi connectivity index (χ0n) is 12.8. The summed E-state index contributed by atoms with van der Waals surface area (Å²) in [6.07, 6.45) is 12.6. The molecule has 0 radical (unpaired) electrons. The Bertz CT molecular complexity index is 403. The van der Waals surface area contributed by atoms with Crippen molar-refractivity contribution in [2.45, 2.75) is 57.2 Å². The lowest BCUT2D eigenvalue weighted by molar-refractivity contribution is 0.168. The molecule has 1 aliphatic heterocycles. The molecule has 1 aromatic heterocycles. The van der Waals surface area contributed by atoms with Gasteiger partial charge in [-0.25, -0.2) is 4.98 Å². The van der Waals surface area contributed by atoms with Crippen molar-refractivity contribution in [3.8, 4) is 0 Å². The van der Waals surface area contributed by atoms with Crippen molar-refractivity contribution >= 4 is 0 Å². The van der Waals surface area contributed by atoms with Gasteiger partial charge >= 0.3 is 0 Å². The Morgan fingerprint density at radius 3 is 2.90 bits per heavy atom. The van der Waals surface area contributed by atoms with Crippen molar-refractivity contribution in [1.29, 1.82) is 0 Å². The number of hydrogen-bond acceptors (Lipinski definition) is 3. The highest BCUT2D eigenvalue weighted by molar-refractivity contribution is 4.94. The van der Waals surface area contributed by atoms with E-state index in [1.165, 1.54) is 45.2 Å². The lowest BCUT2D eigenvalue weighted by Crippen LogP contribution is -2.47. The Labute approximate surface area is 122 Å². The maximum Gasteiger partial charge on any atom is 0.0949 e. The molecule has 3 rings (SSSR count). The summed E-state index contributed by atoms with van der Waals surface area (Å²) in [6.45, 7) is 4.90. The van der Waals surface area contributed by atoms with Crippen molar-refractivity contribution in [3.05, 3.63) is 18.7 Å². The van der Waals surface area contributed by atoms with Gasteiger partial charge in [0.2, 0.25) is 0 Å². The van der Waals surface area contributed by atoms with Gasteiger partial charge in [0, 0.05) is 37.1 Å². The van der Waals surface area contributed by atoms with E-state index in [1.807, 2.05) is 12.5 Å². The van der Waals surface area contributed by atoms with Gasteiger partial charge in [0.25, 0.3) is 0 Å². The van der Waals surface area contributed by atoms with Gasteiger partial charge in [0.1, 0.15) is 0 Å². The van der Waals surface area contributed by atoms with Crippen LogP contribution in [0.5, 0.6) is 0 Å². The SMILES string of the molecule is CC(NC1CCCC1n1ccnc1)C1CCCN(C)C1. The lowest BCUT2D eigenvalue weighted by atomic mass is 9.91. The molecule has 0 spiro atoms. The van der Waals surface area contributed by atoms with Crippen LogP contribution in [0.1, 0.15) is 45.1 Å². The number of imidazole rings is 1. The van der Waals surface area contributed by atoms with Gasteiger partial charge in [-0.3, -0.25) is 0 Å². The van der Waals surface area contributed by atoms with Crippen LogP contribution < -0.4 is 5.32 Å². The molecule has 4 nitrogen and oxygen atoms in total. The molecule has 0 bridgehead atoms. The third-order valence-electron chi connectivity index (χ3n) is 5.23. The first-order chi connectivity index (χ1) is 9.74. The maximum absolute atomic E-state index is 4.21. The molecule has 0 amide bonds. The molecule has 20 heavy (non-hydrogen) atoms. The molecule has 2 fully saturated rings. The fourth-order valence-corrected chi connectivity index (χ4v) is 4.05. The van der Waals surface area contributed by atoms with Gasteiger partial charge < -0.3 is 14.8 Å². The summed E-state index contributed by atoms with van der Waals surface area (Å²) in [7, 11) is 2.25. The number of hydrogen-bond donors (Lipinski definition) is 1. The molecule has 1 aromatic rings. The minimum Gasteiger partial charge on any atom is -0.333 e. The van der Waals surface area contributed by atoms with E-state index < -0.39 is 0 Å². The van der Waals surface area contributed by atoms with Gasteiger partial charge in [0.05, 0.1) is 6.33 Å². The summed E-state index contributed by atoms with van der Waals surface area (Å²) >= 11 is 0. The molecule has 1 saturated heterocycles. The molecule has 2 heterocycles. The smallest absolute Gasteiger partial charge is 0.0949 e. The van der Waals surface area contributed by atoms with E-state index in [0.717, 1.165) is 5.92 Å². The van der Waals surface area contributed by atoms with E-state index >= 15 is 0 Å². The summed E-state index contributed by atoms with van der Waals surface area (Å²) in [5, 5.41) is 3.93. The Balaban J connectivity index is 1.58. The van der Waals surface area contributed by atoms with Gasteiger partial charge in [-0.05, 0) is 58.5 Å². The first-order valence-corrected chi connectivity index (χ1v) is 8.16. The second-order valence-electron chi connectivity index (χ2n) is 6.73. The van der Waals surface area contributed by atoms with Crippen molar-refractivity contribution in [2.24, 2.45) is 5.92 Å². The zero-order valence-corrected chi connectivity index (χ0v) is 12.8. The molecular formula is C16H28N4. The van der Waals surface area contributed by atoms with E-state index in [1.54, 1.807) is 0 Å². The molecule has 1 aliphatic carbocycles. The second-order valence-corrected chi connectivity index (χ2v) is 6.73. The van der Waals surface area contributed by atoms with E-state index in [0.29, 0.717) is 18.1 Å². The van der Waals surface area contributed by atoms with Crippen LogP contribution in [0.2, 0.25) is 0 Å². The highest BCUT2D eigenvalue weighted by Gasteiger charge is 2.31. The molecule has 4 heteroatoms. The molecule has 112 valence electrons. The number of likely N-dealkylation sites (tertiary alicyclic amines) is 1. The predicted octanol–water partition coefficient (Wildman–Crippen LogP) is 2.30. The summed E-state index contributed by atoms with van der Waals surface area (Å²) < 4.78 is 2.30. The first-order valence-electron chi connectivity index (χ1n) is 8.16. The fourth-order valence-electron chi connectivity index (χ4n) is 4.05. The van der Waals surface area contributed by atoms with Crippen LogP contribution in [-0.2, 0) is 0 Å². The third kappa shape index (κ3) is 3.07. The Hall–Kier alpha value is -0.870. The number of piperidine rings is 1. The van der Waals surface area contributed by atoms with Gasteiger partial charge in [-0.2, -0.15) is 0 Å². The topological polar surface area (TPSA) is 33.1 Å². The quantitative estimate of drug-likeness (QED) is 0.916. The lowest BCUT2D eigenvalue weighted by Gasteiger charge is -2.36. The van der Waals surface area contributed by atoms with Crippen LogP contribution in [-0.4, -0.2) is 46.7 Å². The van der Waals surface area contributed by atoms with Gasteiger partial charge in [-0.15, -0.1) is 0 Å². The van der Waals surface area contributed by atoms with Crippen LogP contribution in [0.15, 0.2) is 18.7 Å². The number of rotatable bonds is 4. The van der Waals surface area contributed by atoms with Crippen molar-refractivity contribution in [3.63, 3.8) is 0 Å². The van der Waals surface area contributed by atoms with Crippen LogP contribution in [0, 0.1) is 5.92 Å². The number of aromatic nitrogens is 2. The standard InChI is InChI=1S/C16H28N4/c1-13(14-5-4-9-19(2)11-14)18-15-6-3-7-16(15)20-10-8-17-12-20/h8,10,12-16,18H,3-7,9,11H2,1-2H3. The summed E-state index contributed by atoms with van der Waals surface area (Å²) in [4.78, 5) is 6.69. The average Bonchev–Trinajstić information content (AvgIpc) is 3.08. The third-order valence-corrected chi connectivity index (χ3v) is 5.23. The molecule has 0 aromatic carbocycles. The normalized spacial score (nSPS) is 33.4. The van der Waals surface area contributed by atoms with E-state index in [4.69, 9.17) is 0 Å². The number of nitrogens with one attached hydrogen (secondary N) is 1. The average molecular weight is 276 g/mol. The first kappa shape index (κ1) is 14.1. The van der Waals surface area contributed by atoms with E-state index in [2.05, 4.69) is 39.9 Å². The zero-order chi connectivity index (χ0) is 13.9. The highest BCUT2D eigenvalue weighted by atomic mass is 15.1. The Kier molecular flexibility index (Phi) is 4.41. The minimum absolute atomic E-state index is 0.598. The Morgan fingerprint density at radius 2 is 2.15 bits per heavy atom. The van der Waals surface area contributed by atoms with Crippen molar-refractivity contribution in [2.75, 3.05) is 20.1 Å². The summed E-state index contributed by atoms with van der Waals surface area (Å²) in [6, 6.07) is 1.83. The maximum atomic E-state index is 4.21. The summed E-state index contributed by atoms with van der Waals surface area (Å²) in [5.74, 6) is 0.804. The molecule has 1 N–H and O–H groups in total. The Morgan fingerprint density at radius 1 is 1.25 bits per heavy atom. The van der Waals surface area contributed by atoms with E-state index in [9.17, 15) is 0 Å². The van der Waals surface area contributed by atoms with Crippen molar-refractivity contribution in [1.82, 2.24) is 19.8 Å². The van der Waals surface area contributed by atoms with Crippen LogP contribution in [0.4, 0.5) is 0 Å². The molecule has 4 atom stereocenters. The molecular weight excluding hydrogens is 248 g/mol. The monoisotopic (exact) mass is 276 g/mol. The fraction of sp³-hybridized carbons (Fsp3) is 0.812. The van der Waals surface area contributed by atoms with Gasteiger partial charge in [-0.1, -0.05) is 0 Å².